The minimum Gasteiger partial charge on any atom is -0.484 e. The van der Waals surface area contributed by atoms with Crippen LogP contribution in [-0.2, 0) is 49.7 Å². The van der Waals surface area contributed by atoms with Gasteiger partial charge < -0.3 is 31.1 Å². The van der Waals surface area contributed by atoms with Crippen molar-refractivity contribution in [2.24, 2.45) is 0 Å². The van der Waals surface area contributed by atoms with Gasteiger partial charge in [0.2, 0.25) is 17.7 Å². The van der Waals surface area contributed by atoms with E-state index in [1.165, 1.54) is 11.3 Å². The maximum absolute atomic E-state index is 14.5. The molecule has 2 aliphatic rings. The van der Waals surface area contributed by atoms with Crippen LogP contribution in [0, 0.1) is 0 Å². The van der Waals surface area contributed by atoms with Crippen molar-refractivity contribution >= 4 is 40.9 Å². The number of nitrogens with zero attached hydrogens (tertiary/aromatic N) is 1. The SMILES string of the molecule is O=C1COc2ccc(cc2)C[C@@H](C(=O)O)NC(=O)[C@H](Cc2ccc(-c3ccccn3)cc2)NC(=O)[C@@H](Cc2ccc(-c3ccccc3)cc2)NC(=O)[C@H](Cc2cccs2)N1. The van der Waals surface area contributed by atoms with Crippen molar-refractivity contribution in [3.05, 3.63) is 167 Å². The average molecular weight is 822 g/mol. The lowest BCUT2D eigenvalue weighted by atomic mass is 9.98. The molecule has 12 nitrogen and oxygen atoms in total. The van der Waals surface area contributed by atoms with E-state index >= 15 is 0 Å². The molecule has 2 aliphatic heterocycles. The Labute approximate surface area is 351 Å². The number of amides is 4. The number of rotatable bonds is 9. The lowest BCUT2D eigenvalue weighted by Gasteiger charge is -2.26. The maximum atomic E-state index is 14.5. The Bertz CT molecular complexity index is 2390. The van der Waals surface area contributed by atoms with Crippen LogP contribution in [0.4, 0.5) is 0 Å². The molecule has 6 aromatic rings. The fourth-order valence-electron chi connectivity index (χ4n) is 6.90. The normalized spacial score (nSPS) is 19.0. The minimum absolute atomic E-state index is 0.00193. The topological polar surface area (TPSA) is 176 Å². The number of thiophene rings is 1. The van der Waals surface area contributed by atoms with Gasteiger partial charge in [-0.05, 0) is 63.5 Å². The van der Waals surface area contributed by atoms with E-state index in [9.17, 15) is 29.1 Å². The number of carbonyl (C=O) groups is 5. The molecule has 2 aromatic heterocycles. The van der Waals surface area contributed by atoms with Gasteiger partial charge in [-0.3, -0.25) is 24.2 Å². The first-order chi connectivity index (χ1) is 29.2. The molecule has 4 aromatic carbocycles. The molecule has 5 N–H and O–H groups in total. The van der Waals surface area contributed by atoms with Crippen LogP contribution in [0.5, 0.6) is 5.75 Å². The van der Waals surface area contributed by atoms with Gasteiger partial charge in [0.1, 0.15) is 29.9 Å². The summed E-state index contributed by atoms with van der Waals surface area (Å²) in [7, 11) is 0. The Hall–Kier alpha value is -7.12. The molecule has 0 unspecified atom stereocenters. The summed E-state index contributed by atoms with van der Waals surface area (Å²) in [5, 5.41) is 23.2. The Kier molecular flexibility index (Phi) is 13.4. The van der Waals surface area contributed by atoms with Gasteiger partial charge in [0, 0.05) is 42.3 Å². The van der Waals surface area contributed by atoms with Crippen LogP contribution in [0.25, 0.3) is 22.4 Å². The predicted molar refractivity (Wildman–Crippen MR) is 228 cm³/mol. The number of hydrogen-bond donors (Lipinski definition) is 5. The molecule has 0 saturated heterocycles. The number of carbonyl (C=O) groups excluding carboxylic acids is 4. The first kappa shape index (κ1) is 41.1. The molecule has 0 aliphatic carbocycles. The van der Waals surface area contributed by atoms with Crippen molar-refractivity contribution in [1.82, 2.24) is 26.3 Å². The summed E-state index contributed by atoms with van der Waals surface area (Å²) < 4.78 is 5.71. The summed E-state index contributed by atoms with van der Waals surface area (Å²) >= 11 is 1.43. The molecule has 0 saturated carbocycles. The van der Waals surface area contributed by atoms with Crippen molar-refractivity contribution < 1.29 is 33.8 Å². The summed E-state index contributed by atoms with van der Waals surface area (Å²) in [5.41, 5.74) is 5.58. The third-order valence-electron chi connectivity index (χ3n) is 10.1. The molecule has 0 radical (unpaired) electrons. The largest absolute Gasteiger partial charge is 0.484 e. The molecule has 2 bridgehead atoms. The summed E-state index contributed by atoms with van der Waals surface area (Å²) in [4.78, 5) is 74.0. The van der Waals surface area contributed by atoms with E-state index in [0.29, 0.717) is 16.9 Å². The molecule has 13 heteroatoms. The number of nitrogens with one attached hydrogen (secondary N) is 4. The Morgan fingerprint density at radius 2 is 1.20 bits per heavy atom. The highest BCUT2D eigenvalue weighted by Gasteiger charge is 2.32. The van der Waals surface area contributed by atoms with Crippen LogP contribution >= 0.6 is 11.3 Å². The summed E-state index contributed by atoms with van der Waals surface area (Å²) in [6.45, 7) is -0.399. The highest BCUT2D eigenvalue weighted by Crippen LogP contribution is 2.22. The number of benzene rings is 4. The van der Waals surface area contributed by atoms with Gasteiger partial charge >= 0.3 is 5.97 Å². The second kappa shape index (κ2) is 19.6. The standard InChI is InChI=1S/C47H43N5O7S/c53-43-29-59-36-21-15-32(16-22-36)27-42(47(57)58)52-45(55)40(26-31-13-19-35(20-14-31)38-10-4-5-23-48-38)50-44(54)39(51-46(56)41(49-43)28-37-9-6-24-60-37)25-30-11-17-34(18-12-30)33-7-2-1-3-8-33/h1-24,39-42H,25-29H2,(H,49,53)(H,50,54)(H,51,56)(H,52,55)(H,57,58)/t39-,40+,41+,42+/m1/s1. The van der Waals surface area contributed by atoms with E-state index in [2.05, 4.69) is 26.3 Å². The summed E-state index contributed by atoms with van der Waals surface area (Å²) in [6.07, 6.45) is 1.82. The Morgan fingerprint density at radius 3 is 1.78 bits per heavy atom. The molecular weight excluding hydrogens is 779 g/mol. The number of fused-ring (bicyclic) bond motifs is 16. The van der Waals surface area contributed by atoms with Gasteiger partial charge in [0.25, 0.3) is 5.91 Å². The van der Waals surface area contributed by atoms with E-state index in [1.807, 2.05) is 115 Å². The second-order valence-corrected chi connectivity index (χ2v) is 15.5. The fourth-order valence-corrected chi connectivity index (χ4v) is 7.65. The Balaban J connectivity index is 1.22. The van der Waals surface area contributed by atoms with Crippen LogP contribution < -0.4 is 26.0 Å². The van der Waals surface area contributed by atoms with Crippen molar-refractivity contribution in [3.8, 4) is 28.1 Å². The van der Waals surface area contributed by atoms with Crippen molar-refractivity contribution in [2.75, 3.05) is 6.61 Å². The van der Waals surface area contributed by atoms with Gasteiger partial charge in [0.05, 0.1) is 5.69 Å². The van der Waals surface area contributed by atoms with Gasteiger partial charge in [-0.2, -0.15) is 0 Å². The van der Waals surface area contributed by atoms with Crippen molar-refractivity contribution in [1.29, 1.82) is 0 Å². The highest BCUT2D eigenvalue weighted by molar-refractivity contribution is 7.09. The molecular formula is C47H43N5O7S. The van der Waals surface area contributed by atoms with E-state index in [-0.39, 0.29) is 25.7 Å². The lowest BCUT2D eigenvalue weighted by molar-refractivity contribution is -0.142. The molecule has 0 fully saturated rings. The lowest BCUT2D eigenvalue weighted by Crippen LogP contribution is -2.59. The first-order valence-electron chi connectivity index (χ1n) is 19.5. The summed E-state index contributed by atoms with van der Waals surface area (Å²) in [6, 6.07) is 35.6. The molecule has 304 valence electrons. The second-order valence-electron chi connectivity index (χ2n) is 14.4. The first-order valence-corrected chi connectivity index (χ1v) is 20.4. The number of hydrogen-bond acceptors (Lipinski definition) is 8. The third kappa shape index (κ3) is 11.1. The van der Waals surface area contributed by atoms with Gasteiger partial charge in [-0.1, -0.05) is 103 Å². The van der Waals surface area contributed by atoms with Crippen molar-refractivity contribution in [2.45, 2.75) is 49.9 Å². The quantitative estimate of drug-likeness (QED) is 0.124. The Morgan fingerprint density at radius 1 is 0.617 bits per heavy atom. The van der Waals surface area contributed by atoms with Crippen LogP contribution in [0.1, 0.15) is 21.6 Å². The van der Waals surface area contributed by atoms with Crippen LogP contribution in [0.2, 0.25) is 0 Å². The minimum atomic E-state index is -1.35. The monoisotopic (exact) mass is 821 g/mol. The zero-order chi connectivity index (χ0) is 41.8. The highest BCUT2D eigenvalue weighted by atomic mass is 32.1. The fraction of sp³-hybridized carbons (Fsp3) is 0.191. The van der Waals surface area contributed by atoms with E-state index in [1.54, 1.807) is 30.5 Å². The summed E-state index contributed by atoms with van der Waals surface area (Å²) in [5.74, 6) is -3.48. The maximum Gasteiger partial charge on any atom is 0.326 e. The van der Waals surface area contributed by atoms with Crippen LogP contribution in [-0.4, -0.2) is 70.5 Å². The zero-order valence-electron chi connectivity index (χ0n) is 32.5. The molecule has 4 amide bonds. The molecule has 4 atom stereocenters. The predicted octanol–water partition coefficient (Wildman–Crippen LogP) is 5.16. The number of pyridine rings is 1. The number of aromatic nitrogens is 1. The van der Waals surface area contributed by atoms with E-state index in [4.69, 9.17) is 4.74 Å². The molecule has 8 rings (SSSR count). The van der Waals surface area contributed by atoms with Crippen LogP contribution in [0.15, 0.2) is 145 Å². The van der Waals surface area contributed by atoms with Gasteiger partial charge in [-0.25, -0.2) is 4.79 Å². The van der Waals surface area contributed by atoms with Crippen molar-refractivity contribution in [3.63, 3.8) is 0 Å². The number of carboxylic acids is 1. The third-order valence-corrected chi connectivity index (χ3v) is 11.0. The van der Waals surface area contributed by atoms with E-state index in [0.717, 1.165) is 32.8 Å². The number of aliphatic carboxylic acids is 1. The number of carboxylic acid groups (broad SMARTS) is 1. The molecule has 4 heterocycles. The van der Waals surface area contributed by atoms with Crippen LogP contribution in [0.3, 0.4) is 0 Å². The molecule has 0 spiro atoms. The molecule has 60 heavy (non-hydrogen) atoms. The average Bonchev–Trinajstić information content (AvgIpc) is 3.79. The smallest absolute Gasteiger partial charge is 0.326 e. The van der Waals surface area contributed by atoms with Gasteiger partial charge in [-0.15, -0.1) is 11.3 Å². The van der Waals surface area contributed by atoms with E-state index < -0.39 is 60.4 Å². The number of ether oxygens (including phenoxy) is 1. The zero-order valence-corrected chi connectivity index (χ0v) is 33.3. The van der Waals surface area contributed by atoms with Gasteiger partial charge in [0.15, 0.2) is 6.61 Å².